The maximum absolute atomic E-state index is 6.35. The lowest BCUT2D eigenvalue weighted by atomic mass is 9.75. The largest absolute Gasteiger partial charge is 0.325 e. The van der Waals surface area contributed by atoms with Crippen LogP contribution in [0.2, 0.25) is 0 Å². The molecule has 3 fully saturated rings. The lowest BCUT2D eigenvalue weighted by Crippen LogP contribution is -2.49. The first kappa shape index (κ1) is 12.0. The summed E-state index contributed by atoms with van der Waals surface area (Å²) in [5, 5.41) is 0. The molecule has 0 aromatic rings. The van der Waals surface area contributed by atoms with E-state index in [0.717, 1.165) is 12.0 Å². The minimum absolute atomic E-state index is 0.225. The second-order valence-electron chi connectivity index (χ2n) is 6.76. The van der Waals surface area contributed by atoms with Crippen molar-refractivity contribution in [2.45, 2.75) is 75.8 Å². The van der Waals surface area contributed by atoms with Gasteiger partial charge in [-0.2, -0.15) is 0 Å². The fourth-order valence-corrected chi connectivity index (χ4v) is 4.25. The number of hydrogen-bond acceptors (Lipinski definition) is 2. The summed E-state index contributed by atoms with van der Waals surface area (Å²) in [5.74, 6) is 1.02. The van der Waals surface area contributed by atoms with Gasteiger partial charge in [0.25, 0.3) is 0 Å². The number of hydrogen-bond donors (Lipinski definition) is 1. The summed E-state index contributed by atoms with van der Waals surface area (Å²) >= 11 is 0. The topological polar surface area (TPSA) is 29.3 Å². The monoisotopic (exact) mass is 236 g/mol. The van der Waals surface area contributed by atoms with E-state index in [2.05, 4.69) is 4.90 Å². The highest BCUT2D eigenvalue weighted by molar-refractivity contribution is 4.95. The average molecular weight is 236 g/mol. The molecule has 1 aliphatic heterocycles. The smallest absolute Gasteiger partial charge is 0.0166 e. The van der Waals surface area contributed by atoms with Gasteiger partial charge < -0.3 is 10.6 Å². The predicted molar refractivity (Wildman–Crippen MR) is 71.9 cm³/mol. The molecule has 3 rings (SSSR count). The third-order valence-corrected chi connectivity index (χ3v) is 5.60. The summed E-state index contributed by atoms with van der Waals surface area (Å²) in [4.78, 5) is 2.78. The first-order valence-electron chi connectivity index (χ1n) is 7.80. The maximum Gasteiger partial charge on any atom is 0.0166 e. The van der Waals surface area contributed by atoms with Crippen LogP contribution in [-0.2, 0) is 0 Å². The molecule has 2 nitrogen and oxygen atoms in total. The van der Waals surface area contributed by atoms with Crippen molar-refractivity contribution in [1.29, 1.82) is 0 Å². The Bertz CT molecular complexity index is 254. The molecule has 0 radical (unpaired) electrons. The van der Waals surface area contributed by atoms with E-state index in [1.807, 2.05) is 0 Å². The van der Waals surface area contributed by atoms with Gasteiger partial charge in [0.15, 0.2) is 0 Å². The molecule has 17 heavy (non-hydrogen) atoms. The van der Waals surface area contributed by atoms with Crippen LogP contribution >= 0.6 is 0 Å². The van der Waals surface area contributed by atoms with Gasteiger partial charge in [-0.25, -0.2) is 0 Å². The first-order valence-corrected chi connectivity index (χ1v) is 7.80. The van der Waals surface area contributed by atoms with E-state index in [0.29, 0.717) is 0 Å². The lowest BCUT2D eigenvalue weighted by Gasteiger charge is -2.40. The summed E-state index contributed by atoms with van der Waals surface area (Å²) < 4.78 is 0. The molecule has 1 heterocycles. The Morgan fingerprint density at radius 2 is 1.76 bits per heavy atom. The van der Waals surface area contributed by atoms with Crippen LogP contribution in [0.1, 0.15) is 64.2 Å². The van der Waals surface area contributed by atoms with Gasteiger partial charge in [-0.1, -0.05) is 12.8 Å². The van der Waals surface area contributed by atoms with Crippen molar-refractivity contribution in [2.75, 3.05) is 13.1 Å². The molecule has 2 aliphatic carbocycles. The fourth-order valence-electron chi connectivity index (χ4n) is 4.25. The van der Waals surface area contributed by atoms with Gasteiger partial charge in [-0.05, 0) is 63.8 Å². The molecular weight excluding hydrogens is 208 g/mol. The van der Waals surface area contributed by atoms with Crippen LogP contribution in [0.3, 0.4) is 0 Å². The zero-order valence-electron chi connectivity index (χ0n) is 11.2. The van der Waals surface area contributed by atoms with E-state index in [1.165, 1.54) is 77.3 Å². The normalized spacial score (nSPS) is 34.1. The molecule has 2 N–H and O–H groups in total. The van der Waals surface area contributed by atoms with E-state index in [1.54, 1.807) is 0 Å². The van der Waals surface area contributed by atoms with Crippen molar-refractivity contribution < 1.29 is 0 Å². The molecule has 0 spiro atoms. The van der Waals surface area contributed by atoms with Crippen LogP contribution in [0.25, 0.3) is 0 Å². The fraction of sp³-hybridized carbons (Fsp3) is 1.00. The van der Waals surface area contributed by atoms with E-state index in [-0.39, 0.29) is 5.54 Å². The minimum atomic E-state index is 0.225. The van der Waals surface area contributed by atoms with Crippen molar-refractivity contribution in [3.63, 3.8) is 0 Å². The molecular formula is C15H28N2. The quantitative estimate of drug-likeness (QED) is 0.813. The van der Waals surface area contributed by atoms with Crippen LogP contribution in [0.4, 0.5) is 0 Å². The van der Waals surface area contributed by atoms with Crippen LogP contribution in [0, 0.1) is 5.92 Å². The van der Waals surface area contributed by atoms with Crippen molar-refractivity contribution in [2.24, 2.45) is 11.7 Å². The summed E-state index contributed by atoms with van der Waals surface area (Å²) in [7, 11) is 0. The van der Waals surface area contributed by atoms with Gasteiger partial charge in [-0.15, -0.1) is 0 Å². The molecule has 2 heteroatoms. The lowest BCUT2D eigenvalue weighted by molar-refractivity contribution is 0.147. The Labute approximate surface area is 106 Å². The Hall–Kier alpha value is -0.0800. The Balaban J connectivity index is 1.50. The van der Waals surface area contributed by atoms with E-state index < -0.39 is 0 Å². The van der Waals surface area contributed by atoms with Gasteiger partial charge >= 0.3 is 0 Å². The van der Waals surface area contributed by atoms with Gasteiger partial charge in [-0.3, -0.25) is 0 Å². The highest BCUT2D eigenvalue weighted by atomic mass is 15.2. The molecule has 3 aliphatic rings. The van der Waals surface area contributed by atoms with Crippen molar-refractivity contribution in [3.8, 4) is 0 Å². The molecule has 2 saturated carbocycles. The first-order chi connectivity index (χ1) is 8.27. The summed E-state index contributed by atoms with van der Waals surface area (Å²) in [6, 6.07) is 0.918. The van der Waals surface area contributed by atoms with E-state index in [9.17, 15) is 0 Å². The molecule has 0 aromatic carbocycles. The van der Waals surface area contributed by atoms with Gasteiger partial charge in [0.05, 0.1) is 0 Å². The molecule has 0 amide bonds. The van der Waals surface area contributed by atoms with Gasteiger partial charge in [0.1, 0.15) is 0 Å². The van der Waals surface area contributed by atoms with Gasteiger partial charge in [0, 0.05) is 18.1 Å². The maximum atomic E-state index is 6.35. The minimum Gasteiger partial charge on any atom is -0.325 e. The Kier molecular flexibility index (Phi) is 3.45. The zero-order chi connectivity index (χ0) is 11.7. The van der Waals surface area contributed by atoms with Crippen LogP contribution in [0.15, 0.2) is 0 Å². The second-order valence-corrected chi connectivity index (χ2v) is 6.76. The van der Waals surface area contributed by atoms with Crippen LogP contribution in [-0.4, -0.2) is 29.6 Å². The van der Waals surface area contributed by atoms with Crippen molar-refractivity contribution >= 4 is 0 Å². The molecule has 0 aromatic heterocycles. The standard InChI is InChI=1S/C15H28N2/c16-15(8-4-9-15)10-12-17-11-3-7-14(17)13-5-1-2-6-13/h13-14H,1-12,16H2. The molecule has 0 bridgehead atoms. The SMILES string of the molecule is NC1(CCN2CCCC2C2CCCC2)CCC1. The van der Waals surface area contributed by atoms with E-state index in [4.69, 9.17) is 5.73 Å². The average Bonchev–Trinajstić information content (AvgIpc) is 2.93. The highest BCUT2D eigenvalue weighted by Crippen LogP contribution is 2.37. The number of nitrogens with two attached hydrogens (primary N) is 1. The van der Waals surface area contributed by atoms with Gasteiger partial charge in [0.2, 0.25) is 0 Å². The predicted octanol–water partition coefficient (Wildman–Crippen LogP) is 2.91. The molecule has 1 unspecified atom stereocenters. The number of nitrogens with zero attached hydrogens (tertiary/aromatic N) is 1. The van der Waals surface area contributed by atoms with Crippen molar-refractivity contribution in [3.05, 3.63) is 0 Å². The summed E-state index contributed by atoms with van der Waals surface area (Å²) in [5.41, 5.74) is 6.58. The number of rotatable bonds is 4. The van der Waals surface area contributed by atoms with Crippen LogP contribution in [0.5, 0.6) is 0 Å². The second kappa shape index (κ2) is 4.89. The molecule has 1 saturated heterocycles. The van der Waals surface area contributed by atoms with Crippen LogP contribution < -0.4 is 5.73 Å². The molecule has 98 valence electrons. The van der Waals surface area contributed by atoms with E-state index >= 15 is 0 Å². The zero-order valence-corrected chi connectivity index (χ0v) is 11.2. The molecule has 1 atom stereocenters. The van der Waals surface area contributed by atoms with Crippen molar-refractivity contribution in [1.82, 2.24) is 4.90 Å². The Morgan fingerprint density at radius 3 is 2.41 bits per heavy atom. The number of likely N-dealkylation sites (tertiary alicyclic amines) is 1. The Morgan fingerprint density at radius 1 is 1.00 bits per heavy atom. The summed E-state index contributed by atoms with van der Waals surface area (Å²) in [6.07, 6.45) is 14.0. The third-order valence-electron chi connectivity index (χ3n) is 5.60. The third kappa shape index (κ3) is 2.53. The highest BCUT2D eigenvalue weighted by Gasteiger charge is 2.36. The summed E-state index contributed by atoms with van der Waals surface area (Å²) in [6.45, 7) is 2.62.